The number of rotatable bonds is 5. The Morgan fingerprint density at radius 1 is 1.37 bits per heavy atom. The van der Waals surface area contributed by atoms with Crippen LogP contribution in [0, 0.1) is 13.8 Å². The molecular weight excluding hydrogens is 353 g/mol. The van der Waals surface area contributed by atoms with Gasteiger partial charge in [0, 0.05) is 18.2 Å². The van der Waals surface area contributed by atoms with Crippen molar-refractivity contribution in [3.63, 3.8) is 0 Å². The molecule has 0 saturated carbocycles. The zero-order valence-electron chi connectivity index (χ0n) is 12.5. The summed E-state index contributed by atoms with van der Waals surface area (Å²) in [5, 5.41) is 6.62. The molecule has 0 spiro atoms. The summed E-state index contributed by atoms with van der Waals surface area (Å²) in [5.41, 5.74) is 1.15. The summed E-state index contributed by atoms with van der Waals surface area (Å²) in [5.74, 6) is 2.76. The van der Waals surface area contributed by atoms with Crippen LogP contribution < -0.4 is 10.6 Å². The fourth-order valence-electron chi connectivity index (χ4n) is 1.66. The van der Waals surface area contributed by atoms with Gasteiger partial charge in [0.15, 0.2) is 5.96 Å². The Morgan fingerprint density at radius 3 is 2.53 bits per heavy atom. The first-order chi connectivity index (χ1) is 8.56. The Labute approximate surface area is 133 Å². The number of guanidine groups is 1. The molecule has 1 rings (SSSR count). The SMILES string of the molecule is CCNC(=NCc1cc(C)oc1C)NC(C)CC.I. The maximum absolute atomic E-state index is 5.50. The molecule has 19 heavy (non-hydrogen) atoms. The molecule has 0 aliphatic carbocycles. The number of nitrogens with zero attached hydrogens (tertiary/aromatic N) is 1. The molecule has 0 amide bonds. The van der Waals surface area contributed by atoms with Gasteiger partial charge >= 0.3 is 0 Å². The summed E-state index contributed by atoms with van der Waals surface area (Å²) in [7, 11) is 0. The van der Waals surface area contributed by atoms with E-state index in [1.165, 1.54) is 0 Å². The molecule has 0 aromatic carbocycles. The number of furan rings is 1. The summed E-state index contributed by atoms with van der Waals surface area (Å²) in [4.78, 5) is 4.58. The molecule has 0 radical (unpaired) electrons. The highest BCUT2D eigenvalue weighted by Crippen LogP contribution is 2.14. The van der Waals surface area contributed by atoms with Crippen LogP contribution in [0.25, 0.3) is 0 Å². The quantitative estimate of drug-likeness (QED) is 0.469. The number of aliphatic imine (C=N–C) groups is 1. The normalized spacial score (nSPS) is 12.8. The first kappa shape index (κ1) is 18.3. The highest BCUT2D eigenvalue weighted by Gasteiger charge is 2.06. The molecule has 1 unspecified atom stereocenters. The number of hydrogen-bond acceptors (Lipinski definition) is 2. The van der Waals surface area contributed by atoms with Crippen molar-refractivity contribution in [1.82, 2.24) is 10.6 Å². The van der Waals surface area contributed by atoms with Gasteiger partial charge in [0.1, 0.15) is 11.5 Å². The van der Waals surface area contributed by atoms with Crippen LogP contribution in [0.1, 0.15) is 44.3 Å². The lowest BCUT2D eigenvalue weighted by Crippen LogP contribution is -2.41. The third-order valence-corrected chi connectivity index (χ3v) is 2.89. The molecule has 110 valence electrons. The average Bonchev–Trinajstić information content (AvgIpc) is 2.65. The van der Waals surface area contributed by atoms with Gasteiger partial charge in [-0.3, -0.25) is 0 Å². The third kappa shape index (κ3) is 6.31. The van der Waals surface area contributed by atoms with E-state index in [4.69, 9.17) is 4.42 Å². The fourth-order valence-corrected chi connectivity index (χ4v) is 1.66. The lowest BCUT2D eigenvalue weighted by molar-refractivity contribution is 0.501. The van der Waals surface area contributed by atoms with Gasteiger partial charge in [-0.15, -0.1) is 24.0 Å². The number of halogens is 1. The molecule has 4 nitrogen and oxygen atoms in total. The van der Waals surface area contributed by atoms with E-state index in [1.54, 1.807) is 0 Å². The van der Waals surface area contributed by atoms with Gasteiger partial charge < -0.3 is 15.1 Å². The van der Waals surface area contributed by atoms with E-state index in [1.807, 2.05) is 19.9 Å². The van der Waals surface area contributed by atoms with Gasteiger partial charge in [-0.25, -0.2) is 4.99 Å². The minimum Gasteiger partial charge on any atom is -0.466 e. The molecule has 0 fully saturated rings. The Balaban J connectivity index is 0.00000324. The first-order valence-electron chi connectivity index (χ1n) is 6.67. The standard InChI is InChI=1S/C14H25N3O.HI/c1-6-10(3)17-14(15-7-2)16-9-13-8-11(4)18-12(13)5;/h8,10H,6-7,9H2,1-5H3,(H2,15,16,17);1H. The van der Waals surface area contributed by atoms with Gasteiger partial charge in [-0.1, -0.05) is 6.92 Å². The second-order valence-corrected chi connectivity index (χ2v) is 4.59. The van der Waals surface area contributed by atoms with Crippen LogP contribution >= 0.6 is 24.0 Å². The number of nitrogens with one attached hydrogen (secondary N) is 2. The van der Waals surface area contributed by atoms with Crippen LogP contribution in [0.2, 0.25) is 0 Å². The maximum atomic E-state index is 5.50. The van der Waals surface area contributed by atoms with Crippen molar-refractivity contribution >= 4 is 29.9 Å². The van der Waals surface area contributed by atoms with Crippen LogP contribution in [0.4, 0.5) is 0 Å². The van der Waals surface area contributed by atoms with E-state index in [0.29, 0.717) is 12.6 Å². The van der Waals surface area contributed by atoms with Crippen LogP contribution in [0.15, 0.2) is 15.5 Å². The van der Waals surface area contributed by atoms with Gasteiger partial charge in [-0.2, -0.15) is 0 Å². The largest absolute Gasteiger partial charge is 0.466 e. The smallest absolute Gasteiger partial charge is 0.191 e. The van der Waals surface area contributed by atoms with E-state index in [0.717, 1.165) is 36.0 Å². The zero-order valence-corrected chi connectivity index (χ0v) is 14.9. The van der Waals surface area contributed by atoms with Crippen molar-refractivity contribution in [2.75, 3.05) is 6.54 Å². The summed E-state index contributed by atoms with van der Waals surface area (Å²) >= 11 is 0. The highest BCUT2D eigenvalue weighted by molar-refractivity contribution is 14.0. The molecule has 1 heterocycles. The zero-order chi connectivity index (χ0) is 13.5. The van der Waals surface area contributed by atoms with Crippen molar-refractivity contribution < 1.29 is 4.42 Å². The van der Waals surface area contributed by atoms with E-state index in [2.05, 4.69) is 36.4 Å². The van der Waals surface area contributed by atoms with E-state index in [9.17, 15) is 0 Å². The van der Waals surface area contributed by atoms with E-state index >= 15 is 0 Å². The average molecular weight is 379 g/mol. The van der Waals surface area contributed by atoms with E-state index < -0.39 is 0 Å². The van der Waals surface area contributed by atoms with Gasteiger partial charge in [-0.05, 0) is 40.2 Å². The maximum Gasteiger partial charge on any atom is 0.191 e. The van der Waals surface area contributed by atoms with Crippen LogP contribution in [0.5, 0.6) is 0 Å². The van der Waals surface area contributed by atoms with Crippen molar-refractivity contribution in [3.8, 4) is 0 Å². The molecular formula is C14H26IN3O. The van der Waals surface area contributed by atoms with Crippen LogP contribution in [0.3, 0.4) is 0 Å². The minimum atomic E-state index is 0. The molecule has 1 aromatic rings. The lowest BCUT2D eigenvalue weighted by Gasteiger charge is -2.16. The minimum absolute atomic E-state index is 0. The molecule has 1 atom stereocenters. The number of hydrogen-bond donors (Lipinski definition) is 2. The van der Waals surface area contributed by atoms with Crippen LogP contribution in [-0.2, 0) is 6.54 Å². The molecule has 0 bridgehead atoms. The van der Waals surface area contributed by atoms with Crippen molar-refractivity contribution in [1.29, 1.82) is 0 Å². The topological polar surface area (TPSA) is 49.6 Å². The summed E-state index contributed by atoms with van der Waals surface area (Å²) in [6, 6.07) is 2.47. The molecule has 0 aliphatic rings. The lowest BCUT2D eigenvalue weighted by atomic mass is 10.2. The Kier molecular flexibility index (Phi) is 8.88. The highest BCUT2D eigenvalue weighted by atomic mass is 127. The Bertz CT molecular complexity index is 401. The van der Waals surface area contributed by atoms with Crippen molar-refractivity contribution in [3.05, 3.63) is 23.2 Å². The summed E-state index contributed by atoms with van der Waals surface area (Å²) < 4.78 is 5.50. The van der Waals surface area contributed by atoms with Crippen molar-refractivity contribution in [2.45, 2.75) is 53.6 Å². The molecule has 5 heteroatoms. The predicted molar refractivity (Wildman–Crippen MR) is 91.3 cm³/mol. The summed E-state index contributed by atoms with van der Waals surface area (Å²) in [6.07, 6.45) is 1.08. The van der Waals surface area contributed by atoms with E-state index in [-0.39, 0.29) is 24.0 Å². The van der Waals surface area contributed by atoms with Gasteiger partial charge in [0.2, 0.25) is 0 Å². The number of aryl methyl sites for hydroxylation is 2. The molecule has 0 saturated heterocycles. The summed E-state index contributed by atoms with van der Waals surface area (Å²) in [6.45, 7) is 11.8. The second-order valence-electron chi connectivity index (χ2n) is 4.59. The second kappa shape index (κ2) is 9.23. The first-order valence-corrected chi connectivity index (χ1v) is 6.67. The Morgan fingerprint density at radius 2 is 2.05 bits per heavy atom. The fraction of sp³-hybridized carbons (Fsp3) is 0.643. The monoisotopic (exact) mass is 379 g/mol. The van der Waals surface area contributed by atoms with Crippen LogP contribution in [-0.4, -0.2) is 18.5 Å². The molecule has 2 N–H and O–H groups in total. The molecule has 0 aliphatic heterocycles. The van der Waals surface area contributed by atoms with Gasteiger partial charge in [0.05, 0.1) is 6.54 Å². The predicted octanol–water partition coefficient (Wildman–Crippen LogP) is 3.37. The van der Waals surface area contributed by atoms with Crippen molar-refractivity contribution in [2.24, 2.45) is 4.99 Å². The molecule has 1 aromatic heterocycles. The Hall–Kier alpha value is -0.720. The van der Waals surface area contributed by atoms with Gasteiger partial charge in [0.25, 0.3) is 0 Å². The third-order valence-electron chi connectivity index (χ3n) is 2.89.